The van der Waals surface area contributed by atoms with Gasteiger partial charge >= 0.3 is 11.9 Å². The molecule has 4 saturated carbocycles. The first-order chi connectivity index (χ1) is 23.2. The van der Waals surface area contributed by atoms with Gasteiger partial charge in [0.25, 0.3) is 0 Å². The first-order valence-electron chi connectivity index (χ1n) is 18.8. The van der Waals surface area contributed by atoms with Crippen LogP contribution in [0, 0.1) is 44.8 Å². The van der Waals surface area contributed by atoms with Gasteiger partial charge in [-0.05, 0) is 92.3 Å². The van der Waals surface area contributed by atoms with Crippen LogP contribution in [0.4, 0.5) is 0 Å². The molecule has 0 aromatic rings. The number of carbonyl (C=O) groups is 3. The lowest BCUT2D eigenvalue weighted by Crippen LogP contribution is -2.58. The second kappa shape index (κ2) is 11.6. The molecule has 11 nitrogen and oxygen atoms in total. The van der Waals surface area contributed by atoms with Crippen molar-refractivity contribution in [1.29, 1.82) is 0 Å². The minimum atomic E-state index is -1.34. The van der Waals surface area contributed by atoms with Gasteiger partial charge in [0.1, 0.15) is 30.5 Å². The third kappa shape index (κ3) is 4.92. The lowest BCUT2D eigenvalue weighted by molar-refractivity contribution is -0.300. The van der Waals surface area contributed by atoms with E-state index in [4.69, 9.17) is 23.7 Å². The monoisotopic (exact) mass is 702 g/mol. The number of esters is 2. The zero-order valence-corrected chi connectivity index (χ0v) is 31.2. The Kier molecular flexibility index (Phi) is 8.43. The fraction of sp³-hybridized carbons (Fsp3) is 0.872. The van der Waals surface area contributed by atoms with Crippen LogP contribution in [0.2, 0.25) is 0 Å². The highest BCUT2D eigenvalue weighted by Crippen LogP contribution is 2.88. The molecule has 7 aliphatic rings. The number of aliphatic hydroxyl groups is 3. The van der Waals surface area contributed by atoms with E-state index in [1.165, 1.54) is 19.4 Å². The molecule has 0 aromatic heterocycles. The summed E-state index contributed by atoms with van der Waals surface area (Å²) < 4.78 is 29.9. The number of epoxide rings is 1. The van der Waals surface area contributed by atoms with Crippen molar-refractivity contribution >= 4 is 17.7 Å². The Morgan fingerprint density at radius 3 is 2.30 bits per heavy atom. The third-order valence-electron chi connectivity index (χ3n) is 15.3. The van der Waals surface area contributed by atoms with Crippen LogP contribution < -0.4 is 0 Å². The number of ketones is 1. The molecule has 7 rings (SSSR count). The summed E-state index contributed by atoms with van der Waals surface area (Å²) in [4.78, 5) is 39.6. The fourth-order valence-electron chi connectivity index (χ4n) is 12.7. The van der Waals surface area contributed by atoms with Crippen LogP contribution in [-0.2, 0) is 38.1 Å². The van der Waals surface area contributed by atoms with Gasteiger partial charge in [-0.1, -0.05) is 46.3 Å². The van der Waals surface area contributed by atoms with Gasteiger partial charge in [0, 0.05) is 25.2 Å². The van der Waals surface area contributed by atoms with Crippen molar-refractivity contribution in [1.82, 2.24) is 0 Å². The molecule has 15 atom stereocenters. The Bertz CT molecular complexity index is 1470. The van der Waals surface area contributed by atoms with E-state index in [0.29, 0.717) is 6.42 Å². The average molecular weight is 703 g/mol. The van der Waals surface area contributed by atoms with Crippen molar-refractivity contribution in [3.63, 3.8) is 0 Å². The highest BCUT2D eigenvalue weighted by Gasteiger charge is 2.83. The summed E-state index contributed by atoms with van der Waals surface area (Å²) in [6.45, 7) is 17.6. The SMILES string of the molecule is CC(=O)O[C@H](C[C@@H](C)[C@H]1C(=O)[C@H](OC(C)=O)[C@@]2(C)C3=CC[C@H]4C(C)(C)[C@@H](O[C@@H]5OC[C@H](O)[C@H](O)[C@H]5O)CC[C@@]45C[C@@]35CC[C@]12C)[C@@H]1OC1(C)C. The quantitative estimate of drug-likeness (QED) is 0.190. The molecule has 0 aromatic carbocycles. The number of carbonyl (C=O) groups excluding carboxylic acids is 3. The van der Waals surface area contributed by atoms with E-state index in [9.17, 15) is 29.7 Å². The Morgan fingerprint density at radius 2 is 1.68 bits per heavy atom. The van der Waals surface area contributed by atoms with Crippen LogP contribution >= 0.6 is 0 Å². The molecule has 0 radical (unpaired) electrons. The van der Waals surface area contributed by atoms with Gasteiger partial charge in [0.2, 0.25) is 0 Å². The fourth-order valence-corrected chi connectivity index (χ4v) is 12.7. The maximum absolute atomic E-state index is 14.7. The van der Waals surface area contributed by atoms with E-state index < -0.39 is 65.1 Å². The molecule has 11 heteroatoms. The topological polar surface area (TPSA) is 161 Å². The second-order valence-electron chi connectivity index (χ2n) is 18.5. The normalized spacial score (nSPS) is 49.2. The number of Topliss-reactive ketones (excluding diaryl/α,β-unsaturated/α-hetero) is 1. The molecule has 0 bridgehead atoms. The van der Waals surface area contributed by atoms with Crippen LogP contribution in [0.25, 0.3) is 0 Å². The Labute approximate surface area is 295 Å². The highest BCUT2D eigenvalue weighted by molar-refractivity contribution is 5.93. The van der Waals surface area contributed by atoms with Crippen molar-refractivity contribution in [3.8, 4) is 0 Å². The molecule has 0 unspecified atom stereocenters. The number of hydrogen-bond donors (Lipinski definition) is 3. The Morgan fingerprint density at radius 1 is 1.00 bits per heavy atom. The third-order valence-corrected chi connectivity index (χ3v) is 15.3. The summed E-state index contributed by atoms with van der Waals surface area (Å²) in [5, 5.41) is 30.9. The number of rotatable bonds is 8. The van der Waals surface area contributed by atoms with Gasteiger partial charge in [-0.2, -0.15) is 0 Å². The van der Waals surface area contributed by atoms with Crippen molar-refractivity contribution in [2.75, 3.05) is 6.61 Å². The molecule has 2 heterocycles. The standard InChI is InChI=1S/C39H58O11/c1-19(16-23(47-20(2)40)31-35(6,7)50-31)27-29(44)32(48-21(3)41)37(9)25-11-10-24-34(4,5)26(49-33-30(45)28(43)22(42)17-46-33)12-13-38(24)18-39(25,38)15-14-36(27,37)8/h11,19,22-24,26-28,30-33,42-43,45H,10,12-18H2,1-9H3/t19-,22+,23-,24+,26+,27+,28+,30-,31+,32+,33+,36-,37-,38-,39+/m1/s1. The van der Waals surface area contributed by atoms with Crippen molar-refractivity contribution in [2.45, 2.75) is 162 Å². The lowest BCUT2D eigenvalue weighted by atomic mass is 9.44. The number of hydrogen-bond acceptors (Lipinski definition) is 11. The van der Waals surface area contributed by atoms with Crippen molar-refractivity contribution in [3.05, 3.63) is 11.6 Å². The van der Waals surface area contributed by atoms with E-state index in [-0.39, 0.29) is 58.6 Å². The minimum Gasteiger partial charge on any atom is -0.460 e. The van der Waals surface area contributed by atoms with Crippen LogP contribution in [0.15, 0.2) is 11.6 Å². The first-order valence-corrected chi connectivity index (χ1v) is 18.8. The van der Waals surface area contributed by atoms with E-state index in [0.717, 1.165) is 38.5 Å². The molecule has 0 amide bonds. The molecule has 5 aliphatic carbocycles. The molecule has 280 valence electrons. The van der Waals surface area contributed by atoms with Crippen LogP contribution in [0.5, 0.6) is 0 Å². The zero-order valence-electron chi connectivity index (χ0n) is 31.2. The zero-order chi connectivity index (χ0) is 36.6. The summed E-state index contributed by atoms with van der Waals surface area (Å²) in [5.74, 6) is -1.16. The van der Waals surface area contributed by atoms with E-state index in [1.54, 1.807) is 0 Å². The molecular weight excluding hydrogens is 644 g/mol. The highest BCUT2D eigenvalue weighted by atomic mass is 16.7. The van der Waals surface area contributed by atoms with Gasteiger partial charge in [-0.15, -0.1) is 0 Å². The molecular formula is C39H58O11. The summed E-state index contributed by atoms with van der Waals surface area (Å²) >= 11 is 0. The summed E-state index contributed by atoms with van der Waals surface area (Å²) in [6, 6.07) is 0. The summed E-state index contributed by atoms with van der Waals surface area (Å²) in [7, 11) is 0. The van der Waals surface area contributed by atoms with Crippen molar-refractivity contribution < 1.29 is 53.4 Å². The van der Waals surface area contributed by atoms with Crippen LogP contribution in [0.1, 0.15) is 107 Å². The Balaban J connectivity index is 1.19. The maximum Gasteiger partial charge on any atom is 0.303 e. The van der Waals surface area contributed by atoms with E-state index >= 15 is 0 Å². The first kappa shape index (κ1) is 36.5. The van der Waals surface area contributed by atoms with Crippen molar-refractivity contribution in [2.24, 2.45) is 44.8 Å². The smallest absolute Gasteiger partial charge is 0.303 e. The molecule has 2 saturated heterocycles. The largest absolute Gasteiger partial charge is 0.460 e. The molecule has 6 fully saturated rings. The van der Waals surface area contributed by atoms with Gasteiger partial charge in [-0.3, -0.25) is 14.4 Å². The number of aliphatic hydroxyl groups excluding tert-OH is 3. The molecule has 2 aliphatic heterocycles. The van der Waals surface area contributed by atoms with Gasteiger partial charge < -0.3 is 39.0 Å². The van der Waals surface area contributed by atoms with Crippen LogP contribution in [-0.4, -0.2) is 94.3 Å². The van der Waals surface area contributed by atoms with E-state index in [1.807, 2.05) is 13.8 Å². The predicted molar refractivity (Wildman–Crippen MR) is 179 cm³/mol. The summed E-state index contributed by atoms with van der Waals surface area (Å²) in [6.07, 6.45) is 1.35. The van der Waals surface area contributed by atoms with Gasteiger partial charge in [0.05, 0.1) is 18.3 Å². The summed E-state index contributed by atoms with van der Waals surface area (Å²) in [5.41, 5.74) is -0.727. The predicted octanol–water partition coefficient (Wildman–Crippen LogP) is 4.03. The minimum absolute atomic E-state index is 0.00930. The average Bonchev–Trinajstić information content (AvgIpc) is 3.87. The molecule has 3 N–H and O–H groups in total. The molecule has 2 spiro atoms. The lowest BCUT2D eigenvalue weighted by Gasteiger charge is -2.60. The Hall–Kier alpha value is -1.89. The molecule has 50 heavy (non-hydrogen) atoms. The van der Waals surface area contributed by atoms with Crippen LogP contribution in [0.3, 0.4) is 0 Å². The second-order valence-corrected chi connectivity index (χ2v) is 18.5. The van der Waals surface area contributed by atoms with E-state index in [2.05, 4.69) is 40.7 Å². The number of allylic oxidation sites excluding steroid dienone is 1. The maximum atomic E-state index is 14.7. The van der Waals surface area contributed by atoms with Gasteiger partial charge in [0.15, 0.2) is 18.2 Å². The van der Waals surface area contributed by atoms with Gasteiger partial charge in [-0.25, -0.2) is 0 Å². The number of fused-ring (bicyclic) bond motifs is 2. The number of ether oxygens (including phenoxy) is 5.